The van der Waals surface area contributed by atoms with E-state index in [9.17, 15) is 4.79 Å². The number of benzene rings is 2. The van der Waals surface area contributed by atoms with Crippen LogP contribution in [-0.2, 0) is 4.79 Å². The monoisotopic (exact) mass is 403 g/mol. The first-order chi connectivity index (χ1) is 12.1. The highest BCUT2D eigenvalue weighted by molar-refractivity contribution is 8.26. The number of thioether (sulfide) groups is 1. The van der Waals surface area contributed by atoms with Gasteiger partial charge in [0.2, 0.25) is 0 Å². The minimum Gasteiger partial charge on any atom is -0.289 e. The second-order valence-corrected chi connectivity index (χ2v) is 8.40. The Kier molecular flexibility index (Phi) is 6.02. The molecule has 0 radical (unpaired) electrons. The number of rotatable bonds is 5. The summed E-state index contributed by atoms with van der Waals surface area (Å²) in [5.41, 5.74) is 0.988. The smallest absolute Gasteiger partial charge is 0.266 e. The van der Waals surface area contributed by atoms with Crippen LogP contribution in [0.4, 0.5) is 0 Å². The highest BCUT2D eigenvalue weighted by Crippen LogP contribution is 2.36. The van der Waals surface area contributed by atoms with Gasteiger partial charge >= 0.3 is 0 Å². The predicted molar refractivity (Wildman–Crippen MR) is 112 cm³/mol. The number of carbonyl (C=O) groups is 1. The van der Waals surface area contributed by atoms with E-state index in [1.165, 1.54) is 11.8 Å². The minimum absolute atomic E-state index is 0.0683. The van der Waals surface area contributed by atoms with E-state index in [2.05, 4.69) is 6.58 Å². The van der Waals surface area contributed by atoms with Crippen LogP contribution < -0.4 is 0 Å². The average Bonchev–Trinajstić information content (AvgIpc) is 2.86. The summed E-state index contributed by atoms with van der Waals surface area (Å²) in [7, 11) is 0. The molecule has 6 heteroatoms. The largest absolute Gasteiger partial charge is 0.289 e. The molecule has 3 rings (SSSR count). The van der Waals surface area contributed by atoms with Crippen molar-refractivity contribution in [3.63, 3.8) is 0 Å². The van der Waals surface area contributed by atoms with Crippen molar-refractivity contribution in [3.8, 4) is 0 Å². The number of thiocarbonyl (C=S) groups is 1. The van der Waals surface area contributed by atoms with E-state index in [0.29, 0.717) is 20.8 Å². The first-order valence-corrected chi connectivity index (χ1v) is 9.89. The van der Waals surface area contributed by atoms with Gasteiger partial charge in [-0.2, -0.15) is 0 Å². The molecule has 1 saturated heterocycles. The van der Waals surface area contributed by atoms with E-state index in [0.717, 1.165) is 15.4 Å². The minimum atomic E-state index is -0.0683. The topological polar surface area (TPSA) is 20.3 Å². The van der Waals surface area contributed by atoms with Crippen LogP contribution in [0.5, 0.6) is 0 Å². The van der Waals surface area contributed by atoms with E-state index in [-0.39, 0.29) is 5.91 Å². The number of carbonyl (C=O) groups excluding carboxylic acids is 1. The van der Waals surface area contributed by atoms with Crippen LogP contribution in [-0.4, -0.2) is 21.7 Å². The highest BCUT2D eigenvalue weighted by atomic mass is 35.5. The van der Waals surface area contributed by atoms with Gasteiger partial charge in [-0.1, -0.05) is 71.6 Å². The molecule has 2 aromatic rings. The van der Waals surface area contributed by atoms with Crippen LogP contribution >= 0.6 is 47.3 Å². The summed E-state index contributed by atoms with van der Waals surface area (Å²) < 4.78 is 0.569. The molecule has 0 bridgehead atoms. The molecule has 2 aromatic carbocycles. The maximum absolute atomic E-state index is 12.5. The van der Waals surface area contributed by atoms with Gasteiger partial charge < -0.3 is 0 Å². The maximum Gasteiger partial charge on any atom is 0.266 e. The molecule has 1 aliphatic heterocycles. The number of nitrogens with zero attached hydrogens (tertiary/aromatic N) is 1. The Bertz CT molecular complexity index is 861. The van der Waals surface area contributed by atoms with Crippen LogP contribution in [0.1, 0.15) is 5.56 Å². The Labute approximate surface area is 165 Å². The van der Waals surface area contributed by atoms with Crippen LogP contribution in [0.25, 0.3) is 6.08 Å². The van der Waals surface area contributed by atoms with Crippen LogP contribution in [0.3, 0.4) is 0 Å². The molecular weight excluding hydrogens is 390 g/mol. The fraction of sp³-hybridized carbons (Fsp3) is 0.0526. The average molecular weight is 404 g/mol. The number of hydrogen-bond donors (Lipinski definition) is 0. The lowest BCUT2D eigenvalue weighted by Gasteiger charge is -2.10. The predicted octanol–water partition coefficient (Wildman–Crippen LogP) is 5.88. The van der Waals surface area contributed by atoms with Crippen molar-refractivity contribution >= 4 is 63.6 Å². The second kappa shape index (κ2) is 8.23. The Hall–Kier alpha value is -1.53. The molecular formula is C19H14ClNOS3. The molecule has 0 saturated carbocycles. The van der Waals surface area contributed by atoms with Gasteiger partial charge in [-0.3, -0.25) is 9.69 Å². The van der Waals surface area contributed by atoms with Gasteiger partial charge in [0, 0.05) is 21.4 Å². The Morgan fingerprint density at radius 2 is 1.92 bits per heavy atom. The van der Waals surface area contributed by atoms with E-state index in [4.69, 9.17) is 23.8 Å². The summed E-state index contributed by atoms with van der Waals surface area (Å²) in [6, 6.07) is 15.7. The summed E-state index contributed by atoms with van der Waals surface area (Å²) in [5.74, 6) is -0.0683. The molecule has 1 fully saturated rings. The van der Waals surface area contributed by atoms with Crippen molar-refractivity contribution in [2.75, 3.05) is 6.54 Å². The number of hydrogen-bond acceptors (Lipinski definition) is 4. The zero-order valence-electron chi connectivity index (χ0n) is 13.1. The molecule has 0 unspecified atom stereocenters. The summed E-state index contributed by atoms with van der Waals surface area (Å²) in [5, 5.41) is 0.712. The van der Waals surface area contributed by atoms with Gasteiger partial charge in [-0.05, 0) is 42.0 Å². The fourth-order valence-electron chi connectivity index (χ4n) is 2.25. The van der Waals surface area contributed by atoms with E-state index in [1.807, 2.05) is 54.6 Å². The second-order valence-electron chi connectivity index (χ2n) is 5.17. The lowest BCUT2D eigenvalue weighted by atomic mass is 10.2. The van der Waals surface area contributed by atoms with Gasteiger partial charge in [0.05, 0.1) is 4.91 Å². The molecule has 1 amide bonds. The van der Waals surface area contributed by atoms with E-state index < -0.39 is 0 Å². The van der Waals surface area contributed by atoms with Crippen molar-refractivity contribution in [3.05, 3.63) is 76.7 Å². The van der Waals surface area contributed by atoms with Gasteiger partial charge in [0.25, 0.3) is 5.91 Å². The molecule has 1 heterocycles. The third-order valence-corrected chi connectivity index (χ3v) is 6.16. The summed E-state index contributed by atoms with van der Waals surface area (Å²) in [6.07, 6.45) is 3.58. The molecule has 126 valence electrons. The molecule has 0 N–H and O–H groups in total. The lowest BCUT2D eigenvalue weighted by molar-refractivity contribution is -0.121. The standard InChI is InChI=1S/C19H14ClNOS3/c1-2-11-21-18(22)17(25-19(21)23)12-13-5-3-4-6-16(13)24-15-9-7-14(20)8-10-15/h2-10,12H,1,11H2/b17-12+. The number of halogens is 1. The summed E-state index contributed by atoms with van der Waals surface area (Å²) >= 11 is 14.2. The van der Waals surface area contributed by atoms with Crippen molar-refractivity contribution in [2.45, 2.75) is 9.79 Å². The van der Waals surface area contributed by atoms with Gasteiger partial charge in [0.15, 0.2) is 0 Å². The Balaban J connectivity index is 1.88. The zero-order valence-corrected chi connectivity index (χ0v) is 16.4. The molecule has 0 atom stereocenters. The third kappa shape index (κ3) is 4.36. The quantitative estimate of drug-likeness (QED) is 0.353. The molecule has 1 aliphatic rings. The molecule has 0 aromatic heterocycles. The first kappa shape index (κ1) is 18.3. The maximum atomic E-state index is 12.5. The Morgan fingerprint density at radius 1 is 1.20 bits per heavy atom. The molecule has 2 nitrogen and oxygen atoms in total. The molecule has 25 heavy (non-hydrogen) atoms. The Morgan fingerprint density at radius 3 is 2.64 bits per heavy atom. The number of amides is 1. The van der Waals surface area contributed by atoms with Gasteiger partial charge in [-0.15, -0.1) is 6.58 Å². The molecule has 0 aliphatic carbocycles. The van der Waals surface area contributed by atoms with Crippen molar-refractivity contribution < 1.29 is 4.79 Å². The van der Waals surface area contributed by atoms with Gasteiger partial charge in [0.1, 0.15) is 4.32 Å². The third-order valence-electron chi connectivity index (χ3n) is 3.43. The fourth-order valence-corrected chi connectivity index (χ4v) is 4.56. The lowest BCUT2D eigenvalue weighted by Crippen LogP contribution is -2.27. The van der Waals surface area contributed by atoms with Gasteiger partial charge in [-0.25, -0.2) is 0 Å². The van der Waals surface area contributed by atoms with Crippen LogP contribution in [0.15, 0.2) is 75.9 Å². The highest BCUT2D eigenvalue weighted by Gasteiger charge is 2.31. The van der Waals surface area contributed by atoms with E-state index >= 15 is 0 Å². The van der Waals surface area contributed by atoms with Crippen LogP contribution in [0, 0.1) is 0 Å². The SMILES string of the molecule is C=CCN1C(=O)/C(=C\c2ccccc2Sc2ccc(Cl)cc2)SC1=S. The zero-order chi connectivity index (χ0) is 17.8. The summed E-state index contributed by atoms with van der Waals surface area (Å²) in [6.45, 7) is 4.11. The summed E-state index contributed by atoms with van der Waals surface area (Å²) in [4.78, 5) is 16.9. The van der Waals surface area contributed by atoms with Crippen LogP contribution in [0.2, 0.25) is 5.02 Å². The normalized spacial score (nSPS) is 15.9. The van der Waals surface area contributed by atoms with Crippen molar-refractivity contribution in [2.24, 2.45) is 0 Å². The van der Waals surface area contributed by atoms with Crippen molar-refractivity contribution in [1.82, 2.24) is 4.90 Å². The van der Waals surface area contributed by atoms with Crippen molar-refractivity contribution in [1.29, 1.82) is 0 Å². The first-order valence-electron chi connectivity index (χ1n) is 7.47. The molecule has 0 spiro atoms. The van der Waals surface area contributed by atoms with E-state index in [1.54, 1.807) is 22.7 Å².